The predicted octanol–water partition coefficient (Wildman–Crippen LogP) is 4.26. The maximum absolute atomic E-state index is 12.0. The average Bonchev–Trinajstić information content (AvgIpc) is 2.96. The molecule has 1 aromatic heterocycles. The van der Waals surface area contributed by atoms with Crippen LogP contribution in [0.5, 0.6) is 0 Å². The van der Waals surface area contributed by atoms with Gasteiger partial charge in [-0.2, -0.15) is 0 Å². The zero-order valence-electron chi connectivity index (χ0n) is 13.7. The first-order valence-electron chi connectivity index (χ1n) is 8.34. The second-order valence-electron chi connectivity index (χ2n) is 7.07. The maximum atomic E-state index is 12.0. The molecular formula is C19H19ClN2O2S. The Hall–Kier alpha value is -1.69. The third kappa shape index (κ3) is 3.01. The fourth-order valence-electron chi connectivity index (χ4n) is 4.06. The number of hydrogen-bond acceptors (Lipinski definition) is 3. The fraction of sp³-hybridized carbons (Fsp3) is 0.316. The van der Waals surface area contributed by atoms with Gasteiger partial charge < -0.3 is 0 Å². The van der Waals surface area contributed by atoms with Crippen molar-refractivity contribution in [1.82, 2.24) is 4.98 Å². The second kappa shape index (κ2) is 5.94. The molecule has 4 rings (SSSR count). The molecule has 2 N–H and O–H groups in total. The van der Waals surface area contributed by atoms with E-state index in [0.29, 0.717) is 10.7 Å². The molecule has 0 unspecified atom stereocenters. The predicted molar refractivity (Wildman–Crippen MR) is 99.4 cm³/mol. The summed E-state index contributed by atoms with van der Waals surface area (Å²) >= 11 is 6.03. The van der Waals surface area contributed by atoms with Gasteiger partial charge in [-0.3, -0.25) is 4.98 Å². The van der Waals surface area contributed by atoms with Gasteiger partial charge in [-0.25, -0.2) is 13.6 Å². The standard InChI is InChI=1S/C19H19ClN2O2S/c20-14-6-4-13(5-7-14)15-11-19(8-2-9-19)12-16(15)18-17(25(21,23)24)3-1-10-22-18/h1,3-7,10H,2,8-9,11-12H2,(H2,21,23,24). The summed E-state index contributed by atoms with van der Waals surface area (Å²) in [4.78, 5) is 4.51. The summed E-state index contributed by atoms with van der Waals surface area (Å²) in [5.41, 5.74) is 4.00. The van der Waals surface area contributed by atoms with Crippen LogP contribution in [0.15, 0.2) is 47.5 Å². The molecule has 2 aliphatic carbocycles. The van der Waals surface area contributed by atoms with E-state index < -0.39 is 10.0 Å². The van der Waals surface area contributed by atoms with Crippen molar-refractivity contribution in [1.29, 1.82) is 0 Å². The van der Waals surface area contributed by atoms with E-state index in [1.165, 1.54) is 30.9 Å². The smallest absolute Gasteiger partial charge is 0.240 e. The minimum absolute atomic E-state index is 0.104. The monoisotopic (exact) mass is 374 g/mol. The number of allylic oxidation sites excluding steroid dienone is 2. The van der Waals surface area contributed by atoms with Crippen LogP contribution in [-0.2, 0) is 10.0 Å². The van der Waals surface area contributed by atoms with Crippen molar-refractivity contribution in [3.63, 3.8) is 0 Å². The van der Waals surface area contributed by atoms with Crippen molar-refractivity contribution in [2.75, 3.05) is 0 Å². The Labute approximate surface area is 152 Å². The number of nitrogens with two attached hydrogens (primary N) is 1. The largest absolute Gasteiger partial charge is 0.255 e. The number of nitrogens with zero attached hydrogens (tertiary/aromatic N) is 1. The van der Waals surface area contributed by atoms with Gasteiger partial charge in [0.1, 0.15) is 4.90 Å². The molecule has 0 atom stereocenters. The summed E-state index contributed by atoms with van der Waals surface area (Å²) in [7, 11) is -3.83. The molecule has 1 heterocycles. The van der Waals surface area contributed by atoms with Crippen LogP contribution in [0.25, 0.3) is 11.1 Å². The van der Waals surface area contributed by atoms with E-state index in [2.05, 4.69) is 4.98 Å². The summed E-state index contributed by atoms with van der Waals surface area (Å²) in [5, 5.41) is 6.12. The fourth-order valence-corrected chi connectivity index (χ4v) is 4.90. The zero-order valence-corrected chi connectivity index (χ0v) is 15.3. The van der Waals surface area contributed by atoms with Gasteiger partial charge in [-0.15, -0.1) is 0 Å². The van der Waals surface area contributed by atoms with Gasteiger partial charge in [0.2, 0.25) is 10.0 Å². The molecule has 1 fully saturated rings. The first-order chi connectivity index (χ1) is 11.9. The van der Waals surface area contributed by atoms with Crippen LogP contribution in [0.4, 0.5) is 0 Å². The molecule has 0 saturated heterocycles. The van der Waals surface area contributed by atoms with Crippen LogP contribution in [0, 0.1) is 5.41 Å². The quantitative estimate of drug-likeness (QED) is 0.872. The van der Waals surface area contributed by atoms with Crippen LogP contribution in [0.2, 0.25) is 5.02 Å². The van der Waals surface area contributed by atoms with Crippen molar-refractivity contribution in [2.24, 2.45) is 10.6 Å². The Kier molecular flexibility index (Phi) is 3.98. The van der Waals surface area contributed by atoms with Crippen molar-refractivity contribution in [2.45, 2.75) is 37.0 Å². The first kappa shape index (κ1) is 16.8. The van der Waals surface area contributed by atoms with Crippen molar-refractivity contribution < 1.29 is 8.42 Å². The van der Waals surface area contributed by atoms with Crippen molar-refractivity contribution in [3.8, 4) is 0 Å². The lowest BCUT2D eigenvalue weighted by atomic mass is 9.66. The summed E-state index contributed by atoms with van der Waals surface area (Å²) in [6.07, 6.45) is 7.00. The molecule has 6 heteroatoms. The summed E-state index contributed by atoms with van der Waals surface area (Å²) in [5.74, 6) is 0. The van der Waals surface area contributed by atoms with E-state index >= 15 is 0 Å². The summed E-state index contributed by atoms with van der Waals surface area (Å²) in [6.45, 7) is 0. The molecule has 1 saturated carbocycles. The van der Waals surface area contributed by atoms with Gasteiger partial charge >= 0.3 is 0 Å². The normalized spacial score (nSPS) is 19.3. The number of rotatable bonds is 3. The third-order valence-electron chi connectivity index (χ3n) is 5.44. The number of benzene rings is 1. The molecule has 2 aliphatic rings. The van der Waals surface area contributed by atoms with Crippen molar-refractivity contribution in [3.05, 3.63) is 58.9 Å². The summed E-state index contributed by atoms with van der Waals surface area (Å²) < 4.78 is 24.1. The van der Waals surface area contributed by atoms with E-state index in [1.54, 1.807) is 12.3 Å². The Morgan fingerprint density at radius 1 is 1.04 bits per heavy atom. The number of halogens is 1. The van der Waals surface area contributed by atoms with Gasteiger partial charge in [0, 0.05) is 11.2 Å². The average molecular weight is 375 g/mol. The Bertz CT molecular complexity index is 961. The molecule has 0 bridgehead atoms. The Balaban J connectivity index is 1.90. The van der Waals surface area contributed by atoms with Crippen LogP contribution >= 0.6 is 11.6 Å². The van der Waals surface area contributed by atoms with Crippen LogP contribution < -0.4 is 5.14 Å². The number of primary sulfonamides is 1. The molecule has 2 aromatic rings. The highest BCUT2D eigenvalue weighted by atomic mass is 35.5. The van der Waals surface area contributed by atoms with E-state index in [9.17, 15) is 8.42 Å². The van der Waals surface area contributed by atoms with Gasteiger partial charge in [0.15, 0.2) is 0 Å². The topological polar surface area (TPSA) is 73.1 Å². The number of hydrogen-bond donors (Lipinski definition) is 1. The summed E-state index contributed by atoms with van der Waals surface area (Å²) in [6, 6.07) is 10.9. The lowest BCUT2D eigenvalue weighted by molar-refractivity contribution is 0.157. The highest BCUT2D eigenvalue weighted by Gasteiger charge is 2.44. The van der Waals surface area contributed by atoms with E-state index in [1.807, 2.05) is 24.3 Å². The number of aromatic nitrogens is 1. The third-order valence-corrected chi connectivity index (χ3v) is 6.63. The molecule has 25 heavy (non-hydrogen) atoms. The zero-order chi connectivity index (χ0) is 17.7. The minimum Gasteiger partial charge on any atom is -0.255 e. The highest BCUT2D eigenvalue weighted by Crippen LogP contribution is 2.59. The molecule has 130 valence electrons. The van der Waals surface area contributed by atoms with Crippen LogP contribution in [-0.4, -0.2) is 13.4 Å². The van der Waals surface area contributed by atoms with E-state index in [-0.39, 0.29) is 10.3 Å². The number of sulfonamides is 1. The number of pyridine rings is 1. The van der Waals surface area contributed by atoms with Gasteiger partial charge in [-0.05, 0) is 72.1 Å². The van der Waals surface area contributed by atoms with E-state index in [4.69, 9.17) is 16.7 Å². The van der Waals surface area contributed by atoms with Gasteiger partial charge in [0.25, 0.3) is 0 Å². The molecule has 0 aliphatic heterocycles. The SMILES string of the molecule is NS(=O)(=O)c1cccnc1C1=C(c2ccc(Cl)cc2)CC2(CCC2)C1. The minimum atomic E-state index is -3.83. The molecule has 0 amide bonds. The van der Waals surface area contributed by atoms with Gasteiger partial charge in [-0.1, -0.05) is 30.2 Å². The Morgan fingerprint density at radius 3 is 2.32 bits per heavy atom. The van der Waals surface area contributed by atoms with E-state index in [0.717, 1.165) is 24.0 Å². The maximum Gasteiger partial charge on any atom is 0.240 e. The van der Waals surface area contributed by atoms with Crippen LogP contribution in [0.3, 0.4) is 0 Å². The molecule has 1 aromatic carbocycles. The van der Waals surface area contributed by atoms with Crippen molar-refractivity contribution >= 4 is 32.8 Å². The lowest BCUT2D eigenvalue weighted by Crippen LogP contribution is -2.26. The first-order valence-corrected chi connectivity index (χ1v) is 10.3. The van der Waals surface area contributed by atoms with Crippen LogP contribution in [0.1, 0.15) is 43.4 Å². The second-order valence-corrected chi connectivity index (χ2v) is 9.03. The molecule has 4 nitrogen and oxygen atoms in total. The lowest BCUT2D eigenvalue weighted by Gasteiger charge is -2.39. The van der Waals surface area contributed by atoms with Gasteiger partial charge in [0.05, 0.1) is 5.69 Å². The molecule has 0 radical (unpaired) electrons. The highest BCUT2D eigenvalue weighted by molar-refractivity contribution is 7.89. The Morgan fingerprint density at radius 2 is 1.72 bits per heavy atom. The molecular weight excluding hydrogens is 356 g/mol. The molecule has 1 spiro atoms.